The Labute approximate surface area is 170 Å². The average molecular weight is 384 g/mol. The van der Waals surface area contributed by atoms with Crippen molar-refractivity contribution < 1.29 is 9.90 Å². The van der Waals surface area contributed by atoms with Gasteiger partial charge in [0.15, 0.2) is 0 Å². The van der Waals surface area contributed by atoms with Crippen LogP contribution in [0.5, 0.6) is 0 Å². The number of hydrogen-bond donors (Lipinski definition) is 2. The quantitative estimate of drug-likeness (QED) is 0.456. The van der Waals surface area contributed by atoms with Gasteiger partial charge in [0, 0.05) is 36.6 Å². The zero-order chi connectivity index (χ0) is 20.1. The molecule has 2 N–H and O–H groups in total. The molecular formula is C25H24N2O2. The number of H-pyrrole nitrogens is 1. The van der Waals surface area contributed by atoms with E-state index in [1.807, 2.05) is 91.1 Å². The maximum atomic E-state index is 12.3. The predicted molar refractivity (Wildman–Crippen MR) is 116 cm³/mol. The summed E-state index contributed by atoms with van der Waals surface area (Å²) in [6.45, 7) is 1.16. The molecule has 0 radical (unpaired) electrons. The smallest absolute Gasteiger partial charge is 0.321 e. The number of aromatic amines is 1. The van der Waals surface area contributed by atoms with Gasteiger partial charge in [-0.25, -0.2) is 0 Å². The first kappa shape index (κ1) is 19.0. The molecule has 0 saturated carbocycles. The third-order valence-electron chi connectivity index (χ3n) is 5.27. The van der Waals surface area contributed by atoms with Crippen LogP contribution >= 0.6 is 0 Å². The highest BCUT2D eigenvalue weighted by Crippen LogP contribution is 2.23. The van der Waals surface area contributed by atoms with Crippen molar-refractivity contribution in [2.45, 2.75) is 25.6 Å². The molecule has 3 aromatic carbocycles. The van der Waals surface area contributed by atoms with E-state index in [0.717, 1.165) is 27.6 Å². The lowest BCUT2D eigenvalue weighted by molar-refractivity contribution is -0.143. The summed E-state index contributed by atoms with van der Waals surface area (Å²) in [6.07, 6.45) is 2.38. The summed E-state index contributed by atoms with van der Waals surface area (Å²) in [5, 5.41) is 11.2. The number of aromatic nitrogens is 1. The highest BCUT2D eigenvalue weighted by molar-refractivity contribution is 5.84. The van der Waals surface area contributed by atoms with Gasteiger partial charge in [-0.3, -0.25) is 9.69 Å². The van der Waals surface area contributed by atoms with Crippen molar-refractivity contribution in [3.8, 4) is 0 Å². The summed E-state index contributed by atoms with van der Waals surface area (Å²) < 4.78 is 0. The molecule has 4 aromatic rings. The second kappa shape index (κ2) is 8.76. The first-order valence-electron chi connectivity index (χ1n) is 9.80. The number of aliphatic carboxylic acids is 1. The first-order chi connectivity index (χ1) is 14.2. The fraction of sp³-hybridized carbons (Fsp3) is 0.160. The molecule has 0 aliphatic heterocycles. The van der Waals surface area contributed by atoms with Gasteiger partial charge in [0.1, 0.15) is 6.04 Å². The fourth-order valence-corrected chi connectivity index (χ4v) is 3.79. The highest BCUT2D eigenvalue weighted by atomic mass is 16.4. The van der Waals surface area contributed by atoms with Crippen molar-refractivity contribution in [1.82, 2.24) is 9.88 Å². The van der Waals surface area contributed by atoms with Crippen molar-refractivity contribution in [3.63, 3.8) is 0 Å². The summed E-state index contributed by atoms with van der Waals surface area (Å²) in [5.41, 5.74) is 4.27. The monoisotopic (exact) mass is 384 g/mol. The number of para-hydroxylation sites is 1. The summed E-state index contributed by atoms with van der Waals surface area (Å²) >= 11 is 0. The Morgan fingerprint density at radius 3 is 1.97 bits per heavy atom. The van der Waals surface area contributed by atoms with E-state index in [0.29, 0.717) is 19.5 Å². The summed E-state index contributed by atoms with van der Waals surface area (Å²) in [7, 11) is 0. The lowest BCUT2D eigenvalue weighted by Crippen LogP contribution is -2.41. The third-order valence-corrected chi connectivity index (χ3v) is 5.27. The lowest BCUT2D eigenvalue weighted by Gasteiger charge is -2.29. The Balaban J connectivity index is 1.65. The maximum Gasteiger partial charge on any atom is 0.321 e. The molecule has 1 atom stereocenters. The second-order valence-corrected chi connectivity index (χ2v) is 7.29. The molecule has 1 aromatic heterocycles. The Hall–Kier alpha value is -3.37. The molecule has 4 heteroatoms. The number of carboxylic acids is 1. The number of carbonyl (C=O) groups is 1. The van der Waals surface area contributed by atoms with E-state index in [2.05, 4.69) is 9.88 Å². The normalized spacial score (nSPS) is 12.3. The van der Waals surface area contributed by atoms with Crippen molar-refractivity contribution in [3.05, 3.63) is 108 Å². The lowest BCUT2D eigenvalue weighted by atomic mass is 10.0. The molecule has 0 fully saturated rings. The van der Waals surface area contributed by atoms with Crippen LogP contribution in [0.25, 0.3) is 10.9 Å². The molecule has 0 amide bonds. The van der Waals surface area contributed by atoms with Crippen LogP contribution in [0.2, 0.25) is 0 Å². The topological polar surface area (TPSA) is 56.3 Å². The van der Waals surface area contributed by atoms with Gasteiger partial charge in [0.05, 0.1) is 0 Å². The molecular weight excluding hydrogens is 360 g/mol. The molecule has 0 aliphatic carbocycles. The number of benzene rings is 3. The number of nitrogens with zero attached hydrogens (tertiary/aromatic N) is 1. The minimum atomic E-state index is -0.804. The van der Waals surface area contributed by atoms with Crippen LogP contribution in [0.15, 0.2) is 91.1 Å². The summed E-state index contributed by atoms with van der Waals surface area (Å²) in [6, 6.07) is 27.5. The van der Waals surface area contributed by atoms with Gasteiger partial charge in [-0.05, 0) is 22.8 Å². The SMILES string of the molecule is O=C(O)[C@H](Cc1c[nH]c2ccccc12)N(Cc1ccccc1)Cc1ccccc1. The molecule has 0 aliphatic rings. The van der Waals surface area contributed by atoms with Crippen molar-refractivity contribution in [2.24, 2.45) is 0 Å². The molecule has 4 nitrogen and oxygen atoms in total. The zero-order valence-electron chi connectivity index (χ0n) is 16.2. The van der Waals surface area contributed by atoms with E-state index >= 15 is 0 Å². The van der Waals surface area contributed by atoms with Crippen LogP contribution < -0.4 is 0 Å². The minimum absolute atomic E-state index is 0.443. The zero-order valence-corrected chi connectivity index (χ0v) is 16.2. The molecule has 0 saturated heterocycles. The van der Waals surface area contributed by atoms with Crippen LogP contribution in [0, 0.1) is 0 Å². The van der Waals surface area contributed by atoms with Gasteiger partial charge < -0.3 is 10.1 Å². The van der Waals surface area contributed by atoms with E-state index in [1.165, 1.54) is 0 Å². The van der Waals surface area contributed by atoms with Gasteiger partial charge in [-0.2, -0.15) is 0 Å². The van der Waals surface area contributed by atoms with Crippen molar-refractivity contribution in [1.29, 1.82) is 0 Å². The van der Waals surface area contributed by atoms with Gasteiger partial charge in [-0.1, -0.05) is 78.9 Å². The largest absolute Gasteiger partial charge is 0.480 e. The number of carboxylic acid groups (broad SMARTS) is 1. The van der Waals surface area contributed by atoms with Crippen LogP contribution in [-0.2, 0) is 24.3 Å². The van der Waals surface area contributed by atoms with E-state index in [-0.39, 0.29) is 0 Å². The van der Waals surface area contributed by atoms with Gasteiger partial charge >= 0.3 is 5.97 Å². The van der Waals surface area contributed by atoms with Gasteiger partial charge in [0.2, 0.25) is 0 Å². The van der Waals surface area contributed by atoms with Crippen LogP contribution in [0.4, 0.5) is 0 Å². The number of fused-ring (bicyclic) bond motifs is 1. The third kappa shape index (κ3) is 4.55. The Morgan fingerprint density at radius 2 is 1.38 bits per heavy atom. The first-order valence-corrected chi connectivity index (χ1v) is 9.80. The number of hydrogen-bond acceptors (Lipinski definition) is 2. The van der Waals surface area contributed by atoms with Crippen molar-refractivity contribution in [2.75, 3.05) is 0 Å². The van der Waals surface area contributed by atoms with E-state index in [1.54, 1.807) is 0 Å². The summed E-state index contributed by atoms with van der Waals surface area (Å²) in [4.78, 5) is 17.6. The Morgan fingerprint density at radius 1 is 0.828 bits per heavy atom. The van der Waals surface area contributed by atoms with Crippen LogP contribution in [0.3, 0.4) is 0 Å². The van der Waals surface area contributed by atoms with E-state index < -0.39 is 12.0 Å². The average Bonchev–Trinajstić information content (AvgIpc) is 3.16. The summed E-state index contributed by atoms with van der Waals surface area (Å²) in [5.74, 6) is -0.804. The molecule has 1 heterocycles. The van der Waals surface area contributed by atoms with Gasteiger partial charge in [0.25, 0.3) is 0 Å². The van der Waals surface area contributed by atoms with Crippen LogP contribution in [-0.4, -0.2) is 27.0 Å². The molecule has 146 valence electrons. The number of nitrogens with one attached hydrogen (secondary N) is 1. The predicted octanol–water partition coefficient (Wildman–Crippen LogP) is 4.87. The number of rotatable bonds is 8. The van der Waals surface area contributed by atoms with E-state index in [4.69, 9.17) is 0 Å². The Bertz CT molecular complexity index is 1030. The highest BCUT2D eigenvalue weighted by Gasteiger charge is 2.27. The molecule has 0 spiro atoms. The van der Waals surface area contributed by atoms with Crippen LogP contribution in [0.1, 0.15) is 16.7 Å². The van der Waals surface area contributed by atoms with Gasteiger partial charge in [-0.15, -0.1) is 0 Å². The Kier molecular flexibility index (Phi) is 5.73. The van der Waals surface area contributed by atoms with E-state index in [9.17, 15) is 9.90 Å². The molecule has 0 unspecified atom stereocenters. The second-order valence-electron chi connectivity index (χ2n) is 7.29. The maximum absolute atomic E-state index is 12.3. The fourth-order valence-electron chi connectivity index (χ4n) is 3.79. The molecule has 0 bridgehead atoms. The standard InChI is InChI=1S/C25H24N2O2/c28-25(29)24(15-21-16-26-23-14-8-7-13-22(21)23)27(17-19-9-3-1-4-10-19)18-20-11-5-2-6-12-20/h1-14,16,24,26H,15,17-18H2,(H,28,29)/t24-/m0/s1. The van der Waals surface area contributed by atoms with Crippen molar-refractivity contribution >= 4 is 16.9 Å². The minimum Gasteiger partial charge on any atom is -0.480 e. The molecule has 4 rings (SSSR count). The molecule has 29 heavy (non-hydrogen) atoms.